The van der Waals surface area contributed by atoms with Gasteiger partial charge in [-0.15, -0.1) is 0 Å². The first kappa shape index (κ1) is 43.4. The molecule has 330 valence electrons. The molecule has 14 nitrogen and oxygen atoms in total. The van der Waals surface area contributed by atoms with Crippen molar-refractivity contribution in [1.82, 2.24) is 0 Å². The monoisotopic (exact) mass is 822 g/mol. The Morgan fingerprint density at radius 2 is 1.48 bits per heavy atom. The molecule has 7 fully saturated rings. The van der Waals surface area contributed by atoms with Gasteiger partial charge in [-0.05, 0) is 86.4 Å². The van der Waals surface area contributed by atoms with Crippen molar-refractivity contribution in [2.45, 2.75) is 186 Å². The maximum absolute atomic E-state index is 12.2. The normalized spacial score (nSPS) is 57.1. The summed E-state index contributed by atoms with van der Waals surface area (Å²) in [6, 6.07) is 0. The Bertz CT molecular complexity index is 1610. The maximum Gasteiger partial charge on any atom is 0.303 e. The third-order valence-corrected chi connectivity index (χ3v) is 18.2. The van der Waals surface area contributed by atoms with Crippen LogP contribution in [0.15, 0.2) is 12.2 Å². The van der Waals surface area contributed by atoms with Gasteiger partial charge < -0.3 is 64.2 Å². The Kier molecular flexibility index (Phi) is 10.8. The lowest BCUT2D eigenvalue weighted by Crippen LogP contribution is -2.72. The van der Waals surface area contributed by atoms with Gasteiger partial charge in [-0.3, -0.25) is 4.79 Å². The van der Waals surface area contributed by atoms with Gasteiger partial charge in [0, 0.05) is 29.1 Å². The maximum atomic E-state index is 12.2. The zero-order valence-corrected chi connectivity index (χ0v) is 35.6. The van der Waals surface area contributed by atoms with E-state index in [1.54, 1.807) is 6.92 Å². The number of hydrogen-bond acceptors (Lipinski definition) is 14. The fourth-order valence-electron chi connectivity index (χ4n) is 14.6. The summed E-state index contributed by atoms with van der Waals surface area (Å²) in [7, 11) is 0. The van der Waals surface area contributed by atoms with E-state index >= 15 is 0 Å². The molecule has 5 aliphatic carbocycles. The third kappa shape index (κ3) is 5.89. The quantitative estimate of drug-likeness (QED) is 0.112. The third-order valence-electron chi connectivity index (χ3n) is 18.2. The van der Waals surface area contributed by atoms with Crippen LogP contribution in [0.4, 0.5) is 0 Å². The first-order valence-electron chi connectivity index (χ1n) is 21.8. The van der Waals surface area contributed by atoms with E-state index in [9.17, 15) is 40.5 Å². The van der Waals surface area contributed by atoms with Gasteiger partial charge in [0.05, 0.1) is 43.7 Å². The molecule has 3 heterocycles. The van der Waals surface area contributed by atoms with Crippen LogP contribution in [-0.2, 0) is 33.2 Å². The summed E-state index contributed by atoms with van der Waals surface area (Å²) in [6.07, 6.45) is -3.53. The Morgan fingerprint density at radius 3 is 2.16 bits per heavy atom. The molecule has 3 aliphatic heterocycles. The number of aliphatic hydroxyl groups is 7. The fraction of sp³-hybridized carbons (Fsp3) is 0.932. The second kappa shape index (κ2) is 14.4. The smallest absolute Gasteiger partial charge is 0.303 e. The molecule has 0 aromatic carbocycles. The van der Waals surface area contributed by atoms with Crippen LogP contribution in [0.5, 0.6) is 0 Å². The van der Waals surface area contributed by atoms with Crippen molar-refractivity contribution in [3.8, 4) is 0 Å². The molecular weight excluding hydrogens is 752 g/mol. The molecule has 0 unspecified atom stereocenters. The predicted molar refractivity (Wildman–Crippen MR) is 206 cm³/mol. The van der Waals surface area contributed by atoms with Crippen molar-refractivity contribution >= 4 is 5.97 Å². The summed E-state index contributed by atoms with van der Waals surface area (Å²) >= 11 is 0. The fourth-order valence-corrected chi connectivity index (χ4v) is 14.6. The van der Waals surface area contributed by atoms with E-state index in [0.29, 0.717) is 19.4 Å². The van der Waals surface area contributed by atoms with Crippen molar-refractivity contribution in [3.05, 3.63) is 12.2 Å². The zero-order chi connectivity index (χ0) is 42.2. The zero-order valence-electron chi connectivity index (χ0n) is 35.6. The molecule has 8 aliphatic rings. The molecule has 0 amide bonds. The summed E-state index contributed by atoms with van der Waals surface area (Å²) in [5.74, 6) is -0.369. The van der Waals surface area contributed by atoms with Gasteiger partial charge in [0.15, 0.2) is 18.7 Å². The number of esters is 1. The van der Waals surface area contributed by atoms with Gasteiger partial charge in [-0.25, -0.2) is 0 Å². The van der Waals surface area contributed by atoms with Crippen molar-refractivity contribution in [2.24, 2.45) is 50.2 Å². The van der Waals surface area contributed by atoms with Gasteiger partial charge in [-0.2, -0.15) is 0 Å². The number of aliphatic hydroxyl groups excluding tert-OH is 7. The SMILES string of the molecule is CC(=O)O[C@H]1[C@@H](O)[C@H](O[C@@H]2[C@@H](O)[C@@H](C)O[C@@H](O[C@H]3CC[C@@]4(C)[C@@H](CC[C@]5(C)[C@@H]4C=C[C@]46OC[C@@]7(CCC(C)(C)C[C@@H]74)[C@H](O)C[C@]65C)[C@]3(C)CO)[C@@H]2O)O[C@H](CO)[C@H]1O. The van der Waals surface area contributed by atoms with Crippen LogP contribution in [0.1, 0.15) is 107 Å². The van der Waals surface area contributed by atoms with Crippen LogP contribution in [0, 0.1) is 50.2 Å². The van der Waals surface area contributed by atoms with Crippen LogP contribution < -0.4 is 0 Å². The van der Waals surface area contributed by atoms with Crippen molar-refractivity contribution in [3.63, 3.8) is 0 Å². The van der Waals surface area contributed by atoms with Gasteiger partial charge in [0.25, 0.3) is 0 Å². The minimum atomic E-state index is -1.72. The molecule has 58 heavy (non-hydrogen) atoms. The molecule has 21 atom stereocenters. The molecule has 0 aromatic rings. The summed E-state index contributed by atoms with van der Waals surface area (Å²) in [5.41, 5.74) is -1.99. The lowest BCUT2D eigenvalue weighted by atomic mass is 9.32. The molecule has 4 saturated carbocycles. The molecule has 8 rings (SSSR count). The summed E-state index contributed by atoms with van der Waals surface area (Å²) in [4.78, 5) is 11.8. The summed E-state index contributed by atoms with van der Waals surface area (Å²) in [6.45, 7) is 16.4. The number of allylic oxidation sites excluding steroid dienone is 1. The average molecular weight is 823 g/mol. The topological polar surface area (TPSA) is 214 Å². The van der Waals surface area contributed by atoms with Crippen LogP contribution in [0.3, 0.4) is 0 Å². The minimum absolute atomic E-state index is 0.0245. The van der Waals surface area contributed by atoms with Gasteiger partial charge >= 0.3 is 5.97 Å². The first-order valence-corrected chi connectivity index (χ1v) is 21.8. The molecular formula is C44H70O14. The van der Waals surface area contributed by atoms with Crippen LogP contribution in [-0.4, -0.2) is 141 Å². The minimum Gasteiger partial charge on any atom is -0.457 e. The van der Waals surface area contributed by atoms with Crippen LogP contribution in [0.25, 0.3) is 0 Å². The van der Waals surface area contributed by atoms with Gasteiger partial charge in [0.2, 0.25) is 0 Å². The molecule has 0 aromatic heterocycles. The predicted octanol–water partition coefficient (Wildman–Crippen LogP) is 2.35. The van der Waals surface area contributed by atoms with E-state index in [1.807, 2.05) is 0 Å². The summed E-state index contributed by atoms with van der Waals surface area (Å²) in [5, 5.41) is 77.9. The number of carbonyl (C=O) groups is 1. The van der Waals surface area contributed by atoms with E-state index in [4.69, 9.17) is 28.4 Å². The Hall–Kier alpha value is -1.27. The van der Waals surface area contributed by atoms with Crippen LogP contribution >= 0.6 is 0 Å². The highest BCUT2D eigenvalue weighted by Crippen LogP contribution is 2.79. The van der Waals surface area contributed by atoms with Crippen molar-refractivity contribution in [1.29, 1.82) is 0 Å². The number of rotatable bonds is 7. The second-order valence-electron chi connectivity index (χ2n) is 21.5. The Balaban J connectivity index is 1.04. The lowest BCUT2D eigenvalue weighted by Gasteiger charge is -2.73. The molecule has 1 spiro atoms. The first-order chi connectivity index (χ1) is 27.1. The van der Waals surface area contributed by atoms with Crippen molar-refractivity contribution < 1.29 is 69.0 Å². The van der Waals surface area contributed by atoms with E-state index in [0.717, 1.165) is 45.4 Å². The highest BCUT2D eigenvalue weighted by Gasteiger charge is 2.79. The second-order valence-corrected chi connectivity index (χ2v) is 21.5. The highest BCUT2D eigenvalue weighted by molar-refractivity contribution is 5.66. The summed E-state index contributed by atoms with van der Waals surface area (Å²) < 4.78 is 36.6. The van der Waals surface area contributed by atoms with Gasteiger partial charge in [-0.1, -0.05) is 53.7 Å². The van der Waals surface area contributed by atoms with Gasteiger partial charge in [0.1, 0.15) is 36.6 Å². The Labute approximate surface area is 342 Å². The largest absolute Gasteiger partial charge is 0.457 e. The number of ether oxygens (including phenoxy) is 6. The molecule has 14 heteroatoms. The van der Waals surface area contributed by atoms with Crippen molar-refractivity contribution in [2.75, 3.05) is 19.8 Å². The lowest BCUT2D eigenvalue weighted by molar-refractivity contribution is -0.367. The Morgan fingerprint density at radius 1 is 0.793 bits per heavy atom. The van der Waals surface area contributed by atoms with Crippen LogP contribution in [0.2, 0.25) is 0 Å². The number of hydrogen-bond donors (Lipinski definition) is 7. The molecule has 3 saturated heterocycles. The number of carbonyl (C=O) groups excluding carboxylic acids is 1. The van der Waals surface area contributed by atoms with E-state index < -0.39 is 97.2 Å². The molecule has 2 bridgehead atoms. The molecule has 0 radical (unpaired) electrons. The average Bonchev–Trinajstić information content (AvgIpc) is 3.44. The van der Waals surface area contributed by atoms with E-state index in [-0.39, 0.29) is 51.4 Å². The van der Waals surface area contributed by atoms with E-state index in [2.05, 4.69) is 53.7 Å². The standard InChI is InChI=1S/C44H70O14/c1-22-30(49)34(58-37-33(52)35(55-23(2)47)31(50)24(19-45)56-37)32(51)36(54-22)57-29-11-12-39(5)25(40(29,6)20-46)9-13-41(7)26(39)10-14-44-27-17-38(3,4)15-16-43(27,21-53-44)28(48)18-42(41,44)8/h10,14,22,24-37,45-46,48-52H,9,11-13,15-21H2,1-8H3/t22-,24-,25-,26-,27+,28-,29+,30+,31-,32-,33-,34-,35-,36+,37+,39+,40+,41-,42+,43-,44+/m1/s1. The highest BCUT2D eigenvalue weighted by atomic mass is 16.7. The van der Waals surface area contributed by atoms with E-state index in [1.165, 1.54) is 0 Å². The molecule has 7 N–H and O–H groups in total. The number of fused-ring (bicyclic) bond motifs is 4.